The topological polar surface area (TPSA) is 58.6 Å². The van der Waals surface area contributed by atoms with Crippen LogP contribution >= 0.6 is 0 Å². The Balaban J connectivity index is 2.07. The number of alkyl halides is 9. The third-order valence-electron chi connectivity index (χ3n) is 6.03. The van der Waals surface area contributed by atoms with Gasteiger partial charge in [-0.3, -0.25) is 9.59 Å². The quantitative estimate of drug-likeness (QED) is 0.264. The van der Waals surface area contributed by atoms with E-state index in [4.69, 9.17) is 0 Å². The summed E-state index contributed by atoms with van der Waals surface area (Å²) in [5.74, 6) is -4.75. The van der Waals surface area contributed by atoms with Gasteiger partial charge in [-0.1, -0.05) is 24.3 Å². The summed E-state index contributed by atoms with van der Waals surface area (Å²) in [5.41, 5.74) is -10.7. The molecule has 3 aromatic rings. The van der Waals surface area contributed by atoms with Crippen LogP contribution in [-0.4, -0.2) is 37.3 Å². The van der Waals surface area contributed by atoms with E-state index in [0.717, 1.165) is 24.0 Å². The molecular formula is C27H20F10N2O3. The molecule has 0 atom stereocenters. The van der Waals surface area contributed by atoms with Gasteiger partial charge in [0.25, 0.3) is 11.8 Å². The van der Waals surface area contributed by atoms with Gasteiger partial charge in [-0.2, -0.15) is 35.1 Å². The Morgan fingerprint density at radius 2 is 1.50 bits per heavy atom. The highest BCUT2D eigenvalue weighted by molar-refractivity contribution is 6.09. The van der Waals surface area contributed by atoms with Crippen LogP contribution in [0.2, 0.25) is 0 Å². The van der Waals surface area contributed by atoms with Crippen molar-refractivity contribution in [1.29, 1.82) is 0 Å². The Labute approximate surface area is 231 Å². The first-order valence-electron chi connectivity index (χ1n) is 11.8. The number of rotatable bonds is 8. The summed E-state index contributed by atoms with van der Waals surface area (Å²) in [6.45, 7) is -1.59. The van der Waals surface area contributed by atoms with Gasteiger partial charge in [0.15, 0.2) is 5.82 Å². The number of hydrogen-bond acceptors (Lipinski definition) is 3. The summed E-state index contributed by atoms with van der Waals surface area (Å²) < 4.78 is 140. The summed E-state index contributed by atoms with van der Waals surface area (Å²) in [5, 5.41) is 1.92. The number of benzene rings is 3. The minimum atomic E-state index is -6.56. The second kappa shape index (κ2) is 11.9. The van der Waals surface area contributed by atoms with Crippen LogP contribution in [0.4, 0.5) is 55.3 Å². The van der Waals surface area contributed by atoms with Gasteiger partial charge in [-0.15, -0.1) is 0 Å². The largest absolute Gasteiger partial charge is 0.435 e. The number of nitrogens with zero attached hydrogens (tertiary/aromatic N) is 1. The van der Waals surface area contributed by atoms with Gasteiger partial charge in [0.2, 0.25) is 0 Å². The zero-order valence-corrected chi connectivity index (χ0v) is 21.5. The highest BCUT2D eigenvalue weighted by Gasteiger charge is 2.73. The number of carbonyl (C=O) groups excluding carboxylic acids is 2. The maximum atomic E-state index is 15.5. The maximum absolute atomic E-state index is 15.5. The summed E-state index contributed by atoms with van der Waals surface area (Å²) in [6, 6.07) is 10.7. The minimum Gasteiger partial charge on any atom is -0.433 e. The smallest absolute Gasteiger partial charge is 0.433 e. The zero-order chi connectivity index (χ0) is 31.6. The number of halogens is 10. The van der Waals surface area contributed by atoms with Crippen LogP contribution in [0.15, 0.2) is 60.7 Å². The molecule has 0 heterocycles. The van der Waals surface area contributed by atoms with Crippen molar-refractivity contribution in [2.75, 3.05) is 16.8 Å². The van der Waals surface area contributed by atoms with E-state index in [1.54, 1.807) is 18.2 Å². The molecule has 0 saturated heterocycles. The van der Waals surface area contributed by atoms with E-state index >= 15 is 4.39 Å². The van der Waals surface area contributed by atoms with E-state index in [0.29, 0.717) is 0 Å². The van der Waals surface area contributed by atoms with Crippen LogP contribution in [0.1, 0.15) is 38.8 Å². The fourth-order valence-electron chi connectivity index (χ4n) is 4.04. The highest BCUT2D eigenvalue weighted by atomic mass is 19.4. The predicted molar refractivity (Wildman–Crippen MR) is 131 cm³/mol. The van der Waals surface area contributed by atoms with Crippen molar-refractivity contribution in [3.8, 4) is 5.75 Å². The lowest BCUT2D eigenvalue weighted by atomic mass is 9.92. The molecule has 0 spiro atoms. The molecule has 0 bridgehead atoms. The van der Waals surface area contributed by atoms with Gasteiger partial charge in [-0.25, -0.2) is 8.78 Å². The predicted octanol–water partition coefficient (Wildman–Crippen LogP) is 7.94. The fourth-order valence-corrected chi connectivity index (χ4v) is 4.04. The van der Waals surface area contributed by atoms with Gasteiger partial charge >= 0.3 is 24.6 Å². The molecule has 0 unspecified atom stereocenters. The molecule has 2 amide bonds. The second-order valence-electron chi connectivity index (χ2n) is 8.71. The minimum absolute atomic E-state index is 0.0407. The lowest BCUT2D eigenvalue weighted by Gasteiger charge is -2.31. The molecule has 0 aromatic heterocycles. The van der Waals surface area contributed by atoms with E-state index in [1.165, 1.54) is 25.1 Å². The molecule has 226 valence electrons. The Morgan fingerprint density at radius 3 is 2.02 bits per heavy atom. The molecule has 0 fully saturated rings. The third kappa shape index (κ3) is 6.14. The SMILES string of the molecule is CCN(C(=O)c1ccccc1)c1cccc(C(=O)Nc2c(C)cc(C(F)(C(F)(F)F)C(F)(F)F)cc2OC(F)F)c1F. The van der Waals surface area contributed by atoms with Crippen molar-refractivity contribution in [3.05, 3.63) is 88.7 Å². The van der Waals surface area contributed by atoms with Crippen LogP contribution in [0.5, 0.6) is 5.75 Å². The van der Waals surface area contributed by atoms with E-state index in [2.05, 4.69) is 4.74 Å². The average Bonchev–Trinajstić information content (AvgIpc) is 2.90. The first-order chi connectivity index (χ1) is 19.4. The fraction of sp³-hybridized carbons (Fsp3) is 0.259. The van der Waals surface area contributed by atoms with Gasteiger partial charge < -0.3 is 15.0 Å². The summed E-state index contributed by atoms with van der Waals surface area (Å²) >= 11 is 0. The molecule has 0 radical (unpaired) electrons. The molecule has 5 nitrogen and oxygen atoms in total. The van der Waals surface area contributed by atoms with Gasteiger partial charge in [0, 0.05) is 17.7 Å². The van der Waals surface area contributed by atoms with Gasteiger partial charge in [0.05, 0.1) is 16.9 Å². The molecular weight excluding hydrogens is 590 g/mol. The van der Waals surface area contributed by atoms with Crippen molar-refractivity contribution in [2.45, 2.75) is 38.5 Å². The molecule has 15 heteroatoms. The van der Waals surface area contributed by atoms with Gasteiger partial charge in [0.1, 0.15) is 5.75 Å². The number of anilines is 2. The van der Waals surface area contributed by atoms with Crippen LogP contribution < -0.4 is 15.0 Å². The first-order valence-corrected chi connectivity index (χ1v) is 11.8. The number of nitrogens with one attached hydrogen (secondary N) is 1. The Bertz CT molecular complexity index is 1440. The lowest BCUT2D eigenvalue weighted by molar-refractivity contribution is -0.348. The monoisotopic (exact) mass is 610 g/mol. The maximum Gasteiger partial charge on any atom is 0.435 e. The van der Waals surface area contributed by atoms with Crippen LogP contribution in [0.25, 0.3) is 0 Å². The number of aryl methyl sites for hydroxylation is 1. The van der Waals surface area contributed by atoms with Crippen LogP contribution in [0, 0.1) is 12.7 Å². The molecule has 0 aliphatic carbocycles. The number of ether oxygens (including phenoxy) is 1. The third-order valence-corrected chi connectivity index (χ3v) is 6.03. The first kappa shape index (κ1) is 32.2. The summed E-state index contributed by atoms with van der Waals surface area (Å²) in [6.07, 6.45) is -13.1. The Morgan fingerprint density at radius 1 is 0.905 bits per heavy atom. The Kier molecular flexibility index (Phi) is 9.13. The summed E-state index contributed by atoms with van der Waals surface area (Å²) in [4.78, 5) is 26.9. The average molecular weight is 610 g/mol. The van der Waals surface area contributed by atoms with E-state index in [9.17, 15) is 49.1 Å². The van der Waals surface area contributed by atoms with Gasteiger partial charge in [-0.05, 0) is 55.8 Å². The standard InChI is InChI=1S/C27H20F10N2O3/c1-3-39(23(41)15-8-5-4-6-9-15)18-11-7-10-17(20(18)28)22(40)38-21-14(2)12-16(13-19(21)42-24(29)30)25(31,26(32,33)34)27(35,36)37/h4-13,24H,3H2,1-2H3,(H,38,40). The highest BCUT2D eigenvalue weighted by Crippen LogP contribution is 2.54. The molecule has 0 aliphatic heterocycles. The van der Waals surface area contributed by atoms with Crippen LogP contribution in [0.3, 0.4) is 0 Å². The van der Waals surface area contributed by atoms with E-state index < -0.39 is 70.4 Å². The van der Waals surface area contributed by atoms with Crippen molar-refractivity contribution < 1.29 is 58.2 Å². The number of amides is 2. The summed E-state index contributed by atoms with van der Waals surface area (Å²) in [7, 11) is 0. The van der Waals surface area contributed by atoms with E-state index in [1.807, 2.05) is 5.32 Å². The molecule has 42 heavy (non-hydrogen) atoms. The molecule has 3 aromatic carbocycles. The van der Waals surface area contributed by atoms with Crippen molar-refractivity contribution in [3.63, 3.8) is 0 Å². The molecule has 1 N–H and O–H groups in total. The molecule has 0 saturated carbocycles. The number of hydrogen-bond donors (Lipinski definition) is 1. The lowest BCUT2D eigenvalue weighted by Crippen LogP contribution is -2.50. The normalized spacial score (nSPS) is 12.3. The van der Waals surface area contributed by atoms with Crippen molar-refractivity contribution >= 4 is 23.2 Å². The second-order valence-corrected chi connectivity index (χ2v) is 8.71. The van der Waals surface area contributed by atoms with Crippen LogP contribution in [-0.2, 0) is 5.67 Å². The zero-order valence-electron chi connectivity index (χ0n) is 21.5. The Hall–Kier alpha value is -4.30. The van der Waals surface area contributed by atoms with Crippen molar-refractivity contribution in [1.82, 2.24) is 0 Å². The van der Waals surface area contributed by atoms with Crippen molar-refractivity contribution in [2.24, 2.45) is 0 Å². The molecule has 3 rings (SSSR count). The molecule has 0 aliphatic rings. The number of carbonyl (C=O) groups is 2. The van der Waals surface area contributed by atoms with E-state index in [-0.39, 0.29) is 29.9 Å².